The van der Waals surface area contributed by atoms with E-state index in [2.05, 4.69) is 25.6 Å². The lowest BCUT2D eigenvalue weighted by molar-refractivity contribution is -0.385. The first-order valence-corrected chi connectivity index (χ1v) is 12.7. The van der Waals surface area contributed by atoms with Crippen LogP contribution in [0.15, 0.2) is 72.8 Å². The van der Waals surface area contributed by atoms with Crippen molar-refractivity contribution in [3.05, 3.63) is 98.5 Å². The minimum Gasteiger partial charge on any atom is -0.324 e. The maximum absolute atomic E-state index is 13.0. The smallest absolute Gasteiger partial charge is 0.275 e. The van der Waals surface area contributed by atoms with E-state index in [4.69, 9.17) is 23.2 Å². The van der Waals surface area contributed by atoms with E-state index in [1.165, 1.54) is 22.7 Å². The summed E-state index contributed by atoms with van der Waals surface area (Å²) in [6.45, 7) is 0. The zero-order valence-corrected chi connectivity index (χ0v) is 21.2. The Balaban J connectivity index is 1.58. The molecule has 1 atom stereocenters. The van der Waals surface area contributed by atoms with Gasteiger partial charge in [-0.2, -0.15) is 15.0 Å². The van der Waals surface area contributed by atoms with E-state index in [1.807, 2.05) is 0 Å². The molecule has 37 heavy (non-hydrogen) atoms. The van der Waals surface area contributed by atoms with Crippen molar-refractivity contribution < 1.29 is 9.72 Å². The Labute approximate surface area is 225 Å². The molecule has 0 spiro atoms. The molecule has 5 rings (SSSR count). The SMILES string of the molecule is O=C1CSC(c2ccccc2[N+](=O)[O-])N1c1nc(Nc2cccc(Cl)c2)nc(Nc2cccc(Cl)c2)n1. The molecule has 0 bridgehead atoms. The predicted molar refractivity (Wildman–Crippen MR) is 145 cm³/mol. The van der Waals surface area contributed by atoms with Crippen LogP contribution in [0.5, 0.6) is 0 Å². The van der Waals surface area contributed by atoms with Gasteiger partial charge in [-0.1, -0.05) is 47.5 Å². The summed E-state index contributed by atoms with van der Waals surface area (Å²) >= 11 is 13.5. The number of hydrogen-bond donors (Lipinski definition) is 2. The number of carbonyl (C=O) groups is 1. The van der Waals surface area contributed by atoms with Gasteiger partial charge in [0.05, 0.1) is 16.2 Å². The number of thioether (sulfide) groups is 1. The molecule has 2 heterocycles. The van der Waals surface area contributed by atoms with Gasteiger partial charge in [-0.25, -0.2) is 0 Å². The molecule has 1 aliphatic heterocycles. The number of benzene rings is 3. The van der Waals surface area contributed by atoms with Gasteiger partial charge in [-0.15, -0.1) is 11.8 Å². The lowest BCUT2D eigenvalue weighted by Gasteiger charge is -2.23. The minimum atomic E-state index is -0.700. The van der Waals surface area contributed by atoms with Crippen LogP contribution in [0.2, 0.25) is 10.0 Å². The van der Waals surface area contributed by atoms with Gasteiger partial charge in [-0.05, 0) is 42.5 Å². The van der Waals surface area contributed by atoms with E-state index in [9.17, 15) is 14.9 Å². The number of rotatable bonds is 7. The number of nitro groups is 1. The Hall–Kier alpha value is -3.93. The molecule has 10 nitrogen and oxygen atoms in total. The number of anilines is 5. The number of para-hydroxylation sites is 1. The van der Waals surface area contributed by atoms with Crippen molar-refractivity contribution in [2.45, 2.75) is 5.37 Å². The Morgan fingerprint density at radius 3 is 2.05 bits per heavy atom. The van der Waals surface area contributed by atoms with Gasteiger partial charge < -0.3 is 10.6 Å². The highest BCUT2D eigenvalue weighted by molar-refractivity contribution is 8.00. The van der Waals surface area contributed by atoms with Crippen LogP contribution in [0.1, 0.15) is 10.9 Å². The maximum atomic E-state index is 13.0. The van der Waals surface area contributed by atoms with Gasteiger partial charge in [0.15, 0.2) is 0 Å². The van der Waals surface area contributed by atoms with Crippen molar-refractivity contribution in [1.82, 2.24) is 15.0 Å². The molecule has 1 fully saturated rings. The number of carbonyl (C=O) groups excluding carboxylic acids is 1. The first-order chi connectivity index (χ1) is 17.9. The molecule has 1 amide bonds. The molecule has 2 N–H and O–H groups in total. The van der Waals surface area contributed by atoms with Crippen LogP contribution in [0, 0.1) is 10.1 Å². The van der Waals surface area contributed by atoms with Crippen molar-refractivity contribution >= 4 is 75.8 Å². The van der Waals surface area contributed by atoms with Gasteiger partial charge in [0.2, 0.25) is 23.8 Å². The Kier molecular flexibility index (Phi) is 7.08. The second-order valence-electron chi connectivity index (χ2n) is 7.80. The largest absolute Gasteiger partial charge is 0.324 e. The fourth-order valence-electron chi connectivity index (χ4n) is 3.71. The van der Waals surface area contributed by atoms with Crippen molar-refractivity contribution in [1.29, 1.82) is 0 Å². The van der Waals surface area contributed by atoms with Gasteiger partial charge in [0.1, 0.15) is 5.37 Å². The zero-order valence-electron chi connectivity index (χ0n) is 18.8. The molecule has 1 unspecified atom stereocenters. The van der Waals surface area contributed by atoms with Crippen LogP contribution >= 0.6 is 35.0 Å². The normalized spacial score (nSPS) is 15.0. The molecule has 13 heteroatoms. The summed E-state index contributed by atoms with van der Waals surface area (Å²) in [6, 6.07) is 20.3. The van der Waals surface area contributed by atoms with Crippen LogP contribution < -0.4 is 15.5 Å². The predicted octanol–water partition coefficient (Wildman–Crippen LogP) is 6.35. The van der Waals surface area contributed by atoms with E-state index in [0.717, 1.165) is 0 Å². The molecular weight excluding hydrogens is 537 g/mol. The van der Waals surface area contributed by atoms with Gasteiger partial charge >= 0.3 is 0 Å². The van der Waals surface area contributed by atoms with Crippen LogP contribution in [0.4, 0.5) is 34.9 Å². The second kappa shape index (κ2) is 10.6. The first-order valence-electron chi connectivity index (χ1n) is 10.9. The highest BCUT2D eigenvalue weighted by Gasteiger charge is 2.39. The van der Waals surface area contributed by atoms with E-state index in [-0.39, 0.29) is 35.2 Å². The Morgan fingerprint density at radius 2 is 1.49 bits per heavy atom. The van der Waals surface area contributed by atoms with E-state index in [0.29, 0.717) is 27.0 Å². The topological polar surface area (TPSA) is 126 Å². The summed E-state index contributed by atoms with van der Waals surface area (Å²) in [6.07, 6.45) is 0. The standard InChI is InChI=1S/C24H17Cl2N7O3S/c25-14-5-3-7-16(11-14)27-22-29-23(28-17-8-4-6-15(26)12-17)31-24(30-22)32-20(34)13-37-21(32)18-9-1-2-10-19(18)33(35)36/h1-12,21H,13H2,(H2,27,28,29,30,31). The fraction of sp³-hybridized carbons (Fsp3) is 0.0833. The molecule has 0 saturated carbocycles. The number of amides is 1. The molecule has 4 aromatic rings. The van der Waals surface area contributed by atoms with Crippen LogP contribution in [0.3, 0.4) is 0 Å². The summed E-state index contributed by atoms with van der Waals surface area (Å²) in [5, 5.41) is 18.2. The summed E-state index contributed by atoms with van der Waals surface area (Å²) < 4.78 is 0. The lowest BCUT2D eigenvalue weighted by atomic mass is 10.1. The number of nitrogens with one attached hydrogen (secondary N) is 2. The quantitative estimate of drug-likeness (QED) is 0.198. The average Bonchev–Trinajstić information content (AvgIpc) is 3.25. The molecule has 1 aliphatic rings. The minimum absolute atomic E-state index is 0.0298. The van der Waals surface area contributed by atoms with Crippen molar-refractivity contribution in [3.8, 4) is 0 Å². The third kappa shape index (κ3) is 5.58. The Bertz CT molecular complexity index is 1440. The maximum Gasteiger partial charge on any atom is 0.275 e. The molecular formula is C24H17Cl2N7O3S. The number of nitrogens with zero attached hydrogens (tertiary/aromatic N) is 5. The molecule has 1 saturated heterocycles. The van der Waals surface area contributed by atoms with Gasteiger partial charge in [-0.3, -0.25) is 19.8 Å². The summed E-state index contributed by atoms with van der Waals surface area (Å²) in [5.74, 6) is 0.130. The zero-order chi connectivity index (χ0) is 25.9. The van der Waals surface area contributed by atoms with Gasteiger partial charge in [0.25, 0.3) is 5.69 Å². The highest BCUT2D eigenvalue weighted by Crippen LogP contribution is 2.44. The van der Waals surface area contributed by atoms with Crippen molar-refractivity contribution in [2.75, 3.05) is 21.3 Å². The van der Waals surface area contributed by atoms with Crippen LogP contribution in [-0.2, 0) is 4.79 Å². The molecule has 1 aromatic heterocycles. The second-order valence-corrected chi connectivity index (χ2v) is 9.74. The molecule has 0 aliphatic carbocycles. The monoisotopic (exact) mass is 553 g/mol. The van der Waals surface area contributed by atoms with Crippen LogP contribution in [-0.4, -0.2) is 31.5 Å². The summed E-state index contributed by atoms with van der Waals surface area (Å²) in [5.41, 5.74) is 1.52. The molecule has 186 valence electrons. The number of aromatic nitrogens is 3. The fourth-order valence-corrected chi connectivity index (χ4v) is 5.27. The first kappa shape index (κ1) is 24.8. The number of hydrogen-bond acceptors (Lipinski definition) is 9. The van der Waals surface area contributed by atoms with E-state index >= 15 is 0 Å². The van der Waals surface area contributed by atoms with Crippen molar-refractivity contribution in [3.63, 3.8) is 0 Å². The summed E-state index contributed by atoms with van der Waals surface area (Å²) in [7, 11) is 0. The molecule has 0 radical (unpaired) electrons. The van der Waals surface area contributed by atoms with E-state index in [1.54, 1.807) is 66.7 Å². The Morgan fingerprint density at radius 1 is 0.892 bits per heavy atom. The average molecular weight is 554 g/mol. The molecule has 3 aromatic carbocycles. The number of halogens is 2. The lowest BCUT2D eigenvalue weighted by Crippen LogP contribution is -2.30. The number of nitro benzene ring substituents is 1. The van der Waals surface area contributed by atoms with E-state index < -0.39 is 10.3 Å². The van der Waals surface area contributed by atoms with Crippen LogP contribution in [0.25, 0.3) is 0 Å². The third-order valence-electron chi connectivity index (χ3n) is 5.27. The van der Waals surface area contributed by atoms with Gasteiger partial charge in [0, 0.05) is 27.5 Å². The highest BCUT2D eigenvalue weighted by atomic mass is 35.5. The third-order valence-corrected chi connectivity index (χ3v) is 6.93. The summed E-state index contributed by atoms with van der Waals surface area (Å²) in [4.78, 5) is 39.0. The van der Waals surface area contributed by atoms with Crippen molar-refractivity contribution in [2.24, 2.45) is 0 Å².